The molecule has 2 aromatic carbocycles. The van der Waals surface area contributed by atoms with Gasteiger partial charge in [0.1, 0.15) is 5.60 Å². The van der Waals surface area contributed by atoms with Gasteiger partial charge in [-0.2, -0.15) is 0 Å². The van der Waals surface area contributed by atoms with E-state index in [1.165, 1.54) is 6.92 Å². The van der Waals surface area contributed by atoms with Crippen molar-refractivity contribution in [2.45, 2.75) is 45.8 Å². The molecule has 0 radical (unpaired) electrons. The van der Waals surface area contributed by atoms with Crippen LogP contribution in [-0.4, -0.2) is 36.1 Å². The van der Waals surface area contributed by atoms with Crippen molar-refractivity contribution in [1.82, 2.24) is 5.32 Å². The van der Waals surface area contributed by atoms with Gasteiger partial charge in [-0.05, 0) is 51.0 Å². The molecular weight excluding hydrogens is 370 g/mol. The Morgan fingerprint density at radius 2 is 1.52 bits per heavy atom. The summed E-state index contributed by atoms with van der Waals surface area (Å²) < 4.78 is 10.5. The zero-order valence-corrected chi connectivity index (χ0v) is 17.2. The molecule has 0 spiro atoms. The molecule has 6 nitrogen and oxygen atoms in total. The number of rotatable bonds is 7. The lowest BCUT2D eigenvalue weighted by Crippen LogP contribution is -2.35. The molecule has 0 fully saturated rings. The maximum absolute atomic E-state index is 12.4. The Labute approximate surface area is 171 Å². The fourth-order valence-electron chi connectivity index (χ4n) is 2.59. The van der Waals surface area contributed by atoms with Crippen LogP contribution >= 0.6 is 0 Å². The van der Waals surface area contributed by atoms with Crippen LogP contribution in [0.15, 0.2) is 54.6 Å². The van der Waals surface area contributed by atoms with Crippen LogP contribution in [0.1, 0.15) is 44.5 Å². The summed E-state index contributed by atoms with van der Waals surface area (Å²) in [7, 11) is 0. The third-order valence-corrected chi connectivity index (χ3v) is 4.01. The van der Waals surface area contributed by atoms with Gasteiger partial charge in [-0.25, -0.2) is 9.59 Å². The van der Waals surface area contributed by atoms with Crippen LogP contribution in [0.5, 0.6) is 0 Å². The van der Waals surface area contributed by atoms with E-state index in [-0.39, 0.29) is 18.7 Å². The van der Waals surface area contributed by atoms with E-state index < -0.39 is 23.8 Å². The number of hydrogen-bond acceptors (Lipinski definition) is 5. The standard InChI is InChI=1S/C23H27NO5/c1-16(25)20(14-15-24-22(27)29-23(2,3)4)28-21(26)19-12-10-18(11-13-19)17-8-6-5-7-9-17/h5-13,20H,14-15H2,1-4H3,(H,24,27)/t20-/m0/s1. The summed E-state index contributed by atoms with van der Waals surface area (Å²) in [4.78, 5) is 35.9. The fraction of sp³-hybridized carbons (Fsp3) is 0.348. The first-order chi connectivity index (χ1) is 13.7. The SMILES string of the molecule is CC(=O)[C@H](CCNC(=O)OC(C)(C)C)OC(=O)c1ccc(-c2ccccc2)cc1. The van der Waals surface area contributed by atoms with Gasteiger partial charge in [-0.15, -0.1) is 0 Å². The quantitative estimate of drug-likeness (QED) is 0.701. The molecule has 0 aliphatic carbocycles. The Morgan fingerprint density at radius 1 is 0.931 bits per heavy atom. The average molecular weight is 397 g/mol. The minimum atomic E-state index is -0.939. The van der Waals surface area contributed by atoms with Gasteiger partial charge in [-0.1, -0.05) is 42.5 Å². The van der Waals surface area contributed by atoms with Crippen molar-refractivity contribution in [3.8, 4) is 11.1 Å². The van der Waals surface area contributed by atoms with Crippen molar-refractivity contribution in [3.05, 3.63) is 60.2 Å². The molecule has 154 valence electrons. The predicted octanol–water partition coefficient (Wildman–Crippen LogP) is 4.38. The van der Waals surface area contributed by atoms with Crippen molar-refractivity contribution in [2.75, 3.05) is 6.54 Å². The minimum absolute atomic E-state index is 0.152. The van der Waals surface area contributed by atoms with Gasteiger partial charge >= 0.3 is 12.1 Å². The van der Waals surface area contributed by atoms with Crippen molar-refractivity contribution in [1.29, 1.82) is 0 Å². The number of ketones is 1. The molecule has 0 saturated heterocycles. The molecule has 0 aliphatic heterocycles. The van der Waals surface area contributed by atoms with Crippen LogP contribution in [0.4, 0.5) is 4.79 Å². The van der Waals surface area contributed by atoms with Crippen LogP contribution < -0.4 is 5.32 Å². The highest BCUT2D eigenvalue weighted by Gasteiger charge is 2.21. The smallest absolute Gasteiger partial charge is 0.407 e. The Kier molecular flexibility index (Phi) is 7.53. The van der Waals surface area contributed by atoms with Gasteiger partial charge < -0.3 is 14.8 Å². The summed E-state index contributed by atoms with van der Waals surface area (Å²) in [5, 5.41) is 2.56. The summed E-state index contributed by atoms with van der Waals surface area (Å²) >= 11 is 0. The number of carbonyl (C=O) groups excluding carboxylic acids is 3. The van der Waals surface area contributed by atoms with Crippen LogP contribution in [0, 0.1) is 0 Å². The monoisotopic (exact) mass is 397 g/mol. The van der Waals surface area contributed by atoms with Gasteiger partial charge in [0.25, 0.3) is 0 Å². The Morgan fingerprint density at radius 3 is 2.07 bits per heavy atom. The summed E-state index contributed by atoms with van der Waals surface area (Å²) in [6, 6.07) is 16.8. The third kappa shape index (κ3) is 7.41. The molecule has 1 atom stereocenters. The zero-order valence-electron chi connectivity index (χ0n) is 17.2. The predicted molar refractivity (Wildman–Crippen MR) is 111 cm³/mol. The number of hydrogen-bond donors (Lipinski definition) is 1. The summed E-state index contributed by atoms with van der Waals surface area (Å²) in [5.41, 5.74) is 1.77. The maximum Gasteiger partial charge on any atom is 0.407 e. The van der Waals surface area contributed by atoms with E-state index in [0.29, 0.717) is 5.56 Å². The molecule has 0 saturated carbocycles. The number of amides is 1. The molecule has 0 aliphatic rings. The highest BCUT2D eigenvalue weighted by molar-refractivity contribution is 5.92. The normalized spacial score (nSPS) is 12.0. The molecule has 2 aromatic rings. The number of ether oxygens (including phenoxy) is 2. The second kappa shape index (κ2) is 9.87. The van der Waals surface area contributed by atoms with Crippen LogP contribution in [0.2, 0.25) is 0 Å². The van der Waals surface area contributed by atoms with Crippen molar-refractivity contribution >= 4 is 17.8 Å². The second-order valence-corrected chi connectivity index (χ2v) is 7.67. The van der Waals surface area contributed by atoms with Gasteiger partial charge in [0.2, 0.25) is 0 Å². The number of benzene rings is 2. The number of carbonyl (C=O) groups is 3. The topological polar surface area (TPSA) is 81.7 Å². The highest BCUT2D eigenvalue weighted by Crippen LogP contribution is 2.20. The lowest BCUT2D eigenvalue weighted by molar-refractivity contribution is -0.125. The van der Waals surface area contributed by atoms with Crippen LogP contribution in [0.3, 0.4) is 0 Å². The van der Waals surface area contributed by atoms with Crippen LogP contribution in [-0.2, 0) is 14.3 Å². The largest absolute Gasteiger partial charge is 0.451 e. The van der Waals surface area contributed by atoms with E-state index in [0.717, 1.165) is 11.1 Å². The maximum atomic E-state index is 12.4. The molecule has 0 bridgehead atoms. The first-order valence-corrected chi connectivity index (χ1v) is 9.49. The van der Waals surface area contributed by atoms with E-state index in [4.69, 9.17) is 9.47 Å². The van der Waals surface area contributed by atoms with Crippen molar-refractivity contribution in [2.24, 2.45) is 0 Å². The lowest BCUT2D eigenvalue weighted by Gasteiger charge is -2.20. The number of nitrogens with one attached hydrogen (secondary N) is 1. The van der Waals surface area contributed by atoms with E-state index in [2.05, 4.69) is 5.32 Å². The highest BCUT2D eigenvalue weighted by atomic mass is 16.6. The molecule has 1 N–H and O–H groups in total. The number of Topliss-reactive ketones (excluding diaryl/α,β-unsaturated/α-hetero) is 1. The van der Waals surface area contributed by atoms with Crippen LogP contribution in [0.25, 0.3) is 11.1 Å². The van der Waals surface area contributed by atoms with Crippen molar-refractivity contribution < 1.29 is 23.9 Å². The van der Waals surface area contributed by atoms with Gasteiger partial charge in [0.05, 0.1) is 5.56 Å². The zero-order chi connectivity index (χ0) is 21.4. The van der Waals surface area contributed by atoms with Gasteiger partial charge in [0.15, 0.2) is 11.9 Å². The minimum Gasteiger partial charge on any atom is -0.451 e. The Balaban J connectivity index is 1.92. The molecular formula is C23H27NO5. The Bertz CT molecular complexity index is 838. The number of esters is 1. The molecule has 6 heteroatoms. The molecule has 0 unspecified atom stereocenters. The van der Waals surface area contributed by atoms with E-state index in [1.807, 2.05) is 42.5 Å². The molecule has 0 heterocycles. The first kappa shape index (κ1) is 22.1. The Hall–Kier alpha value is -3.15. The van der Waals surface area contributed by atoms with Crippen molar-refractivity contribution in [3.63, 3.8) is 0 Å². The third-order valence-electron chi connectivity index (χ3n) is 4.01. The molecule has 1 amide bonds. The van der Waals surface area contributed by atoms with E-state index in [9.17, 15) is 14.4 Å². The molecule has 29 heavy (non-hydrogen) atoms. The van der Waals surface area contributed by atoms with E-state index >= 15 is 0 Å². The summed E-state index contributed by atoms with van der Waals surface area (Å²) in [6.45, 7) is 6.78. The fourth-order valence-corrected chi connectivity index (χ4v) is 2.59. The van der Waals surface area contributed by atoms with Gasteiger partial charge in [-0.3, -0.25) is 4.79 Å². The summed E-state index contributed by atoms with van der Waals surface area (Å²) in [5.74, 6) is -0.868. The average Bonchev–Trinajstić information content (AvgIpc) is 2.66. The molecule has 0 aromatic heterocycles. The number of alkyl carbamates (subject to hydrolysis) is 1. The first-order valence-electron chi connectivity index (χ1n) is 9.49. The summed E-state index contributed by atoms with van der Waals surface area (Å²) in [6.07, 6.45) is -1.35. The van der Waals surface area contributed by atoms with E-state index in [1.54, 1.807) is 32.9 Å². The second-order valence-electron chi connectivity index (χ2n) is 7.67. The lowest BCUT2D eigenvalue weighted by atomic mass is 10.0. The van der Waals surface area contributed by atoms with Gasteiger partial charge in [0, 0.05) is 13.0 Å². The molecule has 2 rings (SSSR count).